The highest BCUT2D eigenvalue weighted by Crippen LogP contribution is 2.64. The molecule has 1 saturated carbocycles. The van der Waals surface area contributed by atoms with Gasteiger partial charge >= 0.3 is 6.09 Å². The van der Waals surface area contributed by atoms with E-state index in [1.807, 2.05) is 17.8 Å². The monoisotopic (exact) mass is 725 g/mol. The molecule has 1 amide bonds. The number of thiazole rings is 1. The Kier molecular flexibility index (Phi) is 8.38. The van der Waals surface area contributed by atoms with Gasteiger partial charge in [-0.25, -0.2) is 24.4 Å². The number of hydrogen-bond acceptors (Lipinski definition) is 9. The van der Waals surface area contributed by atoms with Crippen LogP contribution in [0.1, 0.15) is 63.4 Å². The van der Waals surface area contributed by atoms with E-state index in [1.165, 1.54) is 0 Å². The molecule has 0 spiro atoms. The standard InChI is InChI=1S/C38H47N7O4SSi/c1-23-21-50-35(41-23)38(22-40-36(46)47)27-16-17-44(20-28(27)38)30-19-39-33-32(43-45(34(33)42-30)31-13-9-10-18-48-31)26-14-15-29(25-12-8-7-11-24(25)26)49-51(5,6)37(2,3)4/h7-8,11-12,14-15,19,21,27-28,31,40H,9-10,13,16-18,20,22H2,1-6H3,(H,46,47). The molecule has 1 aliphatic carbocycles. The summed E-state index contributed by atoms with van der Waals surface area (Å²) in [5.74, 6) is 2.34. The largest absolute Gasteiger partial charge is 0.543 e. The van der Waals surface area contributed by atoms with Crippen molar-refractivity contribution in [1.82, 2.24) is 30.0 Å². The second-order valence-corrected chi connectivity index (χ2v) is 21.6. The lowest BCUT2D eigenvalue weighted by molar-refractivity contribution is -0.0368. The highest BCUT2D eigenvalue weighted by atomic mass is 32.1. The number of benzene rings is 2. The van der Waals surface area contributed by atoms with Crippen molar-refractivity contribution in [1.29, 1.82) is 0 Å². The number of nitrogens with zero attached hydrogens (tertiary/aromatic N) is 6. The highest BCUT2D eigenvalue weighted by molar-refractivity contribution is 7.09. The number of amides is 1. The minimum Gasteiger partial charge on any atom is -0.543 e. The number of carboxylic acid groups (broad SMARTS) is 1. The van der Waals surface area contributed by atoms with Crippen LogP contribution in [0.5, 0.6) is 5.75 Å². The van der Waals surface area contributed by atoms with Gasteiger partial charge in [-0.2, -0.15) is 5.10 Å². The molecule has 4 atom stereocenters. The van der Waals surface area contributed by atoms with Gasteiger partial charge in [0.15, 0.2) is 11.9 Å². The van der Waals surface area contributed by atoms with Crippen LogP contribution in [-0.4, -0.2) is 70.5 Å². The first-order valence-electron chi connectivity index (χ1n) is 18.1. The molecule has 5 heterocycles. The number of aryl methyl sites for hydroxylation is 1. The van der Waals surface area contributed by atoms with Crippen LogP contribution in [0.15, 0.2) is 48.0 Å². The smallest absolute Gasteiger partial charge is 0.404 e. The number of anilines is 1. The van der Waals surface area contributed by atoms with Gasteiger partial charge in [-0.15, -0.1) is 11.3 Å². The highest BCUT2D eigenvalue weighted by Gasteiger charge is 2.68. The summed E-state index contributed by atoms with van der Waals surface area (Å²) in [4.78, 5) is 29.1. The number of aromatic nitrogens is 5. The Hall–Kier alpha value is -4.07. The number of hydrogen-bond donors (Lipinski definition) is 2. The van der Waals surface area contributed by atoms with Gasteiger partial charge in [0.25, 0.3) is 8.32 Å². The maximum Gasteiger partial charge on any atom is 0.404 e. The summed E-state index contributed by atoms with van der Waals surface area (Å²) >= 11 is 1.64. The van der Waals surface area contributed by atoms with Gasteiger partial charge in [0, 0.05) is 53.7 Å². The third-order valence-electron chi connectivity index (χ3n) is 11.8. The van der Waals surface area contributed by atoms with E-state index in [0.29, 0.717) is 24.7 Å². The molecule has 2 aliphatic heterocycles. The minimum absolute atomic E-state index is 0.0700. The summed E-state index contributed by atoms with van der Waals surface area (Å²) in [6.45, 7) is 16.0. The number of carbonyl (C=O) groups is 1. The van der Waals surface area contributed by atoms with Crippen LogP contribution in [0.3, 0.4) is 0 Å². The lowest BCUT2D eigenvalue weighted by atomic mass is 10.0. The van der Waals surface area contributed by atoms with E-state index < -0.39 is 14.4 Å². The van der Waals surface area contributed by atoms with Crippen LogP contribution < -0.4 is 14.6 Å². The van der Waals surface area contributed by atoms with E-state index in [0.717, 1.165) is 88.6 Å². The molecule has 268 valence electrons. The number of fused-ring (bicyclic) bond motifs is 3. The van der Waals surface area contributed by atoms with Crippen molar-refractivity contribution < 1.29 is 19.1 Å². The summed E-state index contributed by atoms with van der Waals surface area (Å²) in [6, 6.07) is 12.6. The van der Waals surface area contributed by atoms with Gasteiger partial charge in [0.1, 0.15) is 27.8 Å². The normalized spacial score (nSPS) is 23.7. The third kappa shape index (κ3) is 5.86. The molecule has 3 aliphatic rings. The first-order valence-corrected chi connectivity index (χ1v) is 21.9. The lowest BCUT2D eigenvalue weighted by Crippen LogP contribution is -2.43. The molecule has 2 saturated heterocycles. The summed E-state index contributed by atoms with van der Waals surface area (Å²) in [5, 5.41) is 22.7. The van der Waals surface area contributed by atoms with Crippen molar-refractivity contribution in [3.8, 4) is 17.0 Å². The summed E-state index contributed by atoms with van der Waals surface area (Å²) in [7, 11) is -2.08. The van der Waals surface area contributed by atoms with Gasteiger partial charge in [-0.3, -0.25) is 0 Å². The SMILES string of the molecule is Cc1csc(C2(CNC(=O)O)C3CCN(c4cnc5c(-c6ccc(O[Si](C)(C)C(C)(C)C)c7ccccc67)nn(C6CCCCO6)c5n4)CC32)n1. The number of rotatable bonds is 8. The molecule has 4 unspecified atom stereocenters. The van der Waals surface area contributed by atoms with Gasteiger partial charge in [0.2, 0.25) is 0 Å². The fourth-order valence-corrected chi connectivity index (χ4v) is 10.1. The molecule has 0 radical (unpaired) electrons. The minimum atomic E-state index is -2.08. The van der Waals surface area contributed by atoms with Crippen LogP contribution in [-0.2, 0) is 10.2 Å². The molecular weight excluding hydrogens is 679 g/mol. The fourth-order valence-electron chi connectivity index (χ4n) is 7.98. The Bertz CT molecular complexity index is 2120. The number of piperidine rings is 1. The van der Waals surface area contributed by atoms with Crippen molar-refractivity contribution in [3.05, 3.63) is 58.7 Å². The second-order valence-electron chi connectivity index (χ2n) is 16.0. The fraction of sp³-hybridized carbons (Fsp3) is 0.500. The van der Waals surface area contributed by atoms with Gasteiger partial charge < -0.3 is 24.5 Å². The second kappa shape index (κ2) is 12.6. The first-order chi connectivity index (χ1) is 24.4. The third-order valence-corrected chi connectivity index (χ3v) is 17.3. The topological polar surface area (TPSA) is 128 Å². The molecule has 2 N–H and O–H groups in total. The average molecular weight is 726 g/mol. The average Bonchev–Trinajstić information content (AvgIpc) is 3.33. The van der Waals surface area contributed by atoms with Crippen LogP contribution in [0.25, 0.3) is 33.2 Å². The molecule has 3 aromatic heterocycles. The van der Waals surface area contributed by atoms with Crippen molar-refractivity contribution in [2.24, 2.45) is 11.8 Å². The molecule has 2 aromatic carbocycles. The molecular formula is C38H47N7O4SSi. The predicted molar refractivity (Wildman–Crippen MR) is 203 cm³/mol. The van der Waals surface area contributed by atoms with Crippen LogP contribution >= 0.6 is 11.3 Å². The molecule has 11 nitrogen and oxygen atoms in total. The molecule has 5 aromatic rings. The Morgan fingerprint density at radius 3 is 2.63 bits per heavy atom. The Morgan fingerprint density at radius 1 is 1.12 bits per heavy atom. The molecule has 8 rings (SSSR count). The zero-order valence-electron chi connectivity index (χ0n) is 30.3. The van der Waals surface area contributed by atoms with Crippen LogP contribution in [0.2, 0.25) is 18.1 Å². The Morgan fingerprint density at radius 2 is 1.92 bits per heavy atom. The van der Waals surface area contributed by atoms with Crippen LogP contribution in [0.4, 0.5) is 10.6 Å². The van der Waals surface area contributed by atoms with Gasteiger partial charge in [-0.1, -0.05) is 45.0 Å². The molecule has 0 bridgehead atoms. The van der Waals surface area contributed by atoms with Crippen LogP contribution in [0, 0.1) is 18.8 Å². The van der Waals surface area contributed by atoms with Gasteiger partial charge in [0.05, 0.1) is 6.20 Å². The maximum atomic E-state index is 11.6. The number of ether oxygens (including phenoxy) is 1. The van der Waals surface area contributed by atoms with E-state index in [2.05, 4.69) is 85.9 Å². The zero-order chi connectivity index (χ0) is 35.7. The van der Waals surface area contributed by atoms with E-state index in [-0.39, 0.29) is 22.6 Å². The van der Waals surface area contributed by atoms with Crippen molar-refractivity contribution in [3.63, 3.8) is 0 Å². The Labute approximate surface area is 303 Å². The summed E-state index contributed by atoms with van der Waals surface area (Å²) in [5.41, 5.74) is 3.91. The summed E-state index contributed by atoms with van der Waals surface area (Å²) in [6.07, 6.45) is 4.55. The van der Waals surface area contributed by atoms with E-state index in [1.54, 1.807) is 11.3 Å². The number of nitrogens with one attached hydrogen (secondary N) is 1. The van der Waals surface area contributed by atoms with Crippen molar-refractivity contribution in [2.45, 2.75) is 83.2 Å². The predicted octanol–water partition coefficient (Wildman–Crippen LogP) is 8.16. The van der Waals surface area contributed by atoms with E-state index in [9.17, 15) is 9.90 Å². The van der Waals surface area contributed by atoms with Crippen molar-refractivity contribution in [2.75, 3.05) is 31.1 Å². The van der Waals surface area contributed by atoms with E-state index in [4.69, 9.17) is 29.2 Å². The summed E-state index contributed by atoms with van der Waals surface area (Å²) < 4.78 is 15.1. The van der Waals surface area contributed by atoms with Crippen molar-refractivity contribution >= 4 is 53.5 Å². The molecule has 51 heavy (non-hydrogen) atoms. The van der Waals surface area contributed by atoms with Gasteiger partial charge in [-0.05, 0) is 80.1 Å². The quantitative estimate of drug-likeness (QED) is 0.152. The van der Waals surface area contributed by atoms with E-state index >= 15 is 0 Å². The molecule has 13 heteroatoms. The first kappa shape index (κ1) is 34.0. The lowest BCUT2D eigenvalue weighted by Gasteiger charge is -2.36. The molecule has 3 fully saturated rings. The maximum absolute atomic E-state index is 11.6. The Balaban J connectivity index is 1.17. The zero-order valence-corrected chi connectivity index (χ0v) is 32.1.